The van der Waals surface area contributed by atoms with Crippen LogP contribution >= 0.6 is 0 Å². The van der Waals surface area contributed by atoms with Crippen molar-refractivity contribution in [1.29, 1.82) is 0 Å². The van der Waals surface area contributed by atoms with Crippen molar-refractivity contribution in [1.82, 2.24) is 9.80 Å². The average Bonchev–Trinajstić information content (AvgIpc) is 2.81. The lowest BCUT2D eigenvalue weighted by atomic mass is 9.87. The SMILES string of the molecule is CCN(CC)C(=O)N1CCc2c(-c3cc(F)ccc3OC)cc(C)c(NC(=O)/C=N/O)c2C1. The van der Waals surface area contributed by atoms with Gasteiger partial charge in [0.15, 0.2) is 0 Å². The van der Waals surface area contributed by atoms with Crippen molar-refractivity contribution in [2.75, 3.05) is 32.1 Å². The van der Waals surface area contributed by atoms with Crippen molar-refractivity contribution in [3.8, 4) is 16.9 Å². The molecule has 8 nitrogen and oxygen atoms in total. The maximum absolute atomic E-state index is 14.2. The minimum absolute atomic E-state index is 0.0776. The summed E-state index contributed by atoms with van der Waals surface area (Å²) >= 11 is 0. The molecule has 3 rings (SSSR count). The Morgan fingerprint density at radius 1 is 1.24 bits per heavy atom. The highest BCUT2D eigenvalue weighted by Gasteiger charge is 2.29. The van der Waals surface area contributed by atoms with Crippen LogP contribution in [0, 0.1) is 12.7 Å². The fourth-order valence-electron chi connectivity index (χ4n) is 4.27. The molecule has 0 bridgehead atoms. The number of nitrogens with one attached hydrogen (secondary N) is 1. The van der Waals surface area contributed by atoms with Crippen LogP contribution in [-0.4, -0.2) is 59.9 Å². The summed E-state index contributed by atoms with van der Waals surface area (Å²) < 4.78 is 19.6. The third-order valence-electron chi connectivity index (χ3n) is 5.91. The van der Waals surface area contributed by atoms with Crippen molar-refractivity contribution in [3.05, 3.63) is 46.8 Å². The van der Waals surface area contributed by atoms with Gasteiger partial charge in [0.25, 0.3) is 5.91 Å². The highest BCUT2D eigenvalue weighted by atomic mass is 19.1. The van der Waals surface area contributed by atoms with Gasteiger partial charge in [-0.1, -0.05) is 5.16 Å². The van der Waals surface area contributed by atoms with E-state index in [0.717, 1.165) is 28.5 Å². The molecule has 3 amide bonds. The van der Waals surface area contributed by atoms with Crippen LogP contribution in [0.25, 0.3) is 11.1 Å². The number of fused-ring (bicyclic) bond motifs is 1. The van der Waals surface area contributed by atoms with Gasteiger partial charge in [-0.3, -0.25) is 4.79 Å². The largest absolute Gasteiger partial charge is 0.496 e. The summed E-state index contributed by atoms with van der Waals surface area (Å²) in [5.41, 5.74) is 4.35. The summed E-state index contributed by atoms with van der Waals surface area (Å²) in [6, 6.07) is 6.15. The zero-order valence-corrected chi connectivity index (χ0v) is 19.3. The molecule has 9 heteroatoms. The number of nitrogens with zero attached hydrogens (tertiary/aromatic N) is 3. The van der Waals surface area contributed by atoms with Crippen LogP contribution in [0.5, 0.6) is 5.75 Å². The second-order valence-electron chi connectivity index (χ2n) is 7.78. The van der Waals surface area contributed by atoms with E-state index in [1.807, 2.05) is 26.8 Å². The van der Waals surface area contributed by atoms with Crippen molar-refractivity contribution in [2.45, 2.75) is 33.7 Å². The van der Waals surface area contributed by atoms with Crippen molar-refractivity contribution < 1.29 is 23.9 Å². The molecule has 1 aliphatic heterocycles. The van der Waals surface area contributed by atoms with Crippen LogP contribution in [0.3, 0.4) is 0 Å². The summed E-state index contributed by atoms with van der Waals surface area (Å²) in [6.07, 6.45) is 1.30. The number of rotatable bonds is 6. The number of hydrogen-bond acceptors (Lipinski definition) is 5. The third-order valence-corrected chi connectivity index (χ3v) is 5.91. The Morgan fingerprint density at radius 2 is 1.97 bits per heavy atom. The van der Waals surface area contributed by atoms with Gasteiger partial charge in [-0.25, -0.2) is 9.18 Å². The molecule has 0 aromatic heterocycles. The first-order chi connectivity index (χ1) is 15.8. The molecule has 0 aliphatic carbocycles. The third kappa shape index (κ3) is 4.92. The molecular formula is C24H29FN4O4. The molecule has 0 unspecified atom stereocenters. The maximum atomic E-state index is 14.2. The van der Waals surface area contributed by atoms with E-state index in [4.69, 9.17) is 9.94 Å². The molecule has 0 spiro atoms. The Labute approximate surface area is 192 Å². The van der Waals surface area contributed by atoms with Gasteiger partial charge in [0, 0.05) is 37.4 Å². The van der Waals surface area contributed by atoms with Crippen molar-refractivity contribution in [3.63, 3.8) is 0 Å². The first-order valence-electron chi connectivity index (χ1n) is 10.9. The molecule has 1 aliphatic rings. The molecule has 0 saturated heterocycles. The first-order valence-corrected chi connectivity index (χ1v) is 10.9. The molecule has 0 fully saturated rings. The van der Waals surface area contributed by atoms with Crippen molar-refractivity contribution >= 4 is 23.8 Å². The predicted molar refractivity (Wildman–Crippen MR) is 124 cm³/mol. The van der Waals surface area contributed by atoms with Crippen LogP contribution < -0.4 is 10.1 Å². The van der Waals surface area contributed by atoms with E-state index in [1.165, 1.54) is 19.2 Å². The monoisotopic (exact) mass is 456 g/mol. The highest BCUT2D eigenvalue weighted by molar-refractivity contribution is 6.31. The smallest absolute Gasteiger partial charge is 0.320 e. The number of benzene rings is 2. The summed E-state index contributed by atoms with van der Waals surface area (Å²) in [6.45, 7) is 7.63. The van der Waals surface area contributed by atoms with Gasteiger partial charge in [0.2, 0.25) is 0 Å². The molecule has 1 heterocycles. The Kier molecular flexibility index (Phi) is 7.52. The summed E-state index contributed by atoms with van der Waals surface area (Å²) in [4.78, 5) is 28.7. The van der Waals surface area contributed by atoms with E-state index >= 15 is 0 Å². The number of methoxy groups -OCH3 is 1. The minimum atomic E-state index is -0.592. The second-order valence-corrected chi connectivity index (χ2v) is 7.78. The van der Waals surface area contributed by atoms with Gasteiger partial charge >= 0.3 is 6.03 Å². The number of oxime groups is 1. The molecule has 33 heavy (non-hydrogen) atoms. The number of urea groups is 1. The van der Waals surface area contributed by atoms with E-state index in [1.54, 1.807) is 15.9 Å². The summed E-state index contributed by atoms with van der Waals surface area (Å²) in [5.74, 6) is -0.446. The number of carbonyl (C=O) groups is 2. The highest BCUT2D eigenvalue weighted by Crippen LogP contribution is 2.41. The molecule has 176 valence electrons. The lowest BCUT2D eigenvalue weighted by Gasteiger charge is -2.35. The van der Waals surface area contributed by atoms with Gasteiger partial charge in [0.05, 0.1) is 7.11 Å². The fraction of sp³-hybridized carbons (Fsp3) is 0.375. The Hall–Kier alpha value is -3.62. The number of anilines is 1. The molecule has 2 N–H and O–H groups in total. The van der Waals surface area contributed by atoms with Crippen molar-refractivity contribution in [2.24, 2.45) is 5.16 Å². The van der Waals surface area contributed by atoms with E-state index in [0.29, 0.717) is 43.1 Å². The van der Waals surface area contributed by atoms with Crippen LogP contribution in [0.15, 0.2) is 29.4 Å². The van der Waals surface area contributed by atoms with Gasteiger partial charge in [0.1, 0.15) is 17.8 Å². The average molecular weight is 457 g/mol. The van der Waals surface area contributed by atoms with Crippen LogP contribution in [0.4, 0.5) is 14.9 Å². The number of ether oxygens (including phenoxy) is 1. The zero-order valence-electron chi connectivity index (χ0n) is 19.3. The van der Waals surface area contributed by atoms with E-state index in [9.17, 15) is 14.0 Å². The van der Waals surface area contributed by atoms with Gasteiger partial charge in [-0.15, -0.1) is 0 Å². The van der Waals surface area contributed by atoms with E-state index in [2.05, 4.69) is 10.5 Å². The van der Waals surface area contributed by atoms with Crippen LogP contribution in [0.2, 0.25) is 0 Å². The van der Waals surface area contributed by atoms with Gasteiger partial charge in [-0.2, -0.15) is 0 Å². The Balaban J connectivity index is 2.17. The zero-order chi connectivity index (χ0) is 24.1. The molecule has 0 radical (unpaired) electrons. The maximum Gasteiger partial charge on any atom is 0.320 e. The van der Waals surface area contributed by atoms with Crippen LogP contribution in [-0.2, 0) is 17.8 Å². The number of aryl methyl sites for hydroxylation is 1. The molecule has 2 aromatic carbocycles. The molecule has 0 saturated carbocycles. The fourth-order valence-corrected chi connectivity index (χ4v) is 4.27. The molecular weight excluding hydrogens is 427 g/mol. The van der Waals surface area contributed by atoms with E-state index < -0.39 is 5.91 Å². The quantitative estimate of drug-likeness (QED) is 0.390. The van der Waals surface area contributed by atoms with E-state index in [-0.39, 0.29) is 18.4 Å². The van der Waals surface area contributed by atoms with Gasteiger partial charge in [-0.05, 0) is 73.7 Å². The number of hydrogen-bond donors (Lipinski definition) is 2. The minimum Gasteiger partial charge on any atom is -0.496 e. The normalized spacial score (nSPS) is 13.1. The lowest BCUT2D eigenvalue weighted by Crippen LogP contribution is -2.45. The Bertz CT molecular complexity index is 1080. The number of halogens is 1. The Morgan fingerprint density at radius 3 is 2.61 bits per heavy atom. The first kappa shape index (κ1) is 24.0. The van der Waals surface area contributed by atoms with Crippen LogP contribution in [0.1, 0.15) is 30.5 Å². The summed E-state index contributed by atoms with van der Waals surface area (Å²) in [7, 11) is 1.53. The number of amides is 3. The lowest BCUT2D eigenvalue weighted by molar-refractivity contribution is -0.110. The summed E-state index contributed by atoms with van der Waals surface area (Å²) in [5, 5.41) is 14.3. The van der Waals surface area contributed by atoms with Gasteiger partial charge < -0.3 is 25.1 Å². The predicted octanol–water partition coefficient (Wildman–Crippen LogP) is 4.03. The molecule has 2 aromatic rings. The topological polar surface area (TPSA) is 94.5 Å². The number of carbonyl (C=O) groups excluding carboxylic acids is 2. The second kappa shape index (κ2) is 10.3. The standard InChI is InChI=1S/C24H29FN4O4/c1-5-28(6-2)24(31)29-10-9-17-18(19-12-16(25)7-8-21(19)33-4)11-15(3)23(20(17)14-29)27-22(30)13-26-32/h7-8,11-13,32H,5-6,9-10,14H2,1-4H3,(H,27,30)/b26-13+. The molecule has 0 atom stereocenters.